The summed E-state index contributed by atoms with van der Waals surface area (Å²) in [6.45, 7) is 2.27. The van der Waals surface area contributed by atoms with Gasteiger partial charge in [-0.05, 0) is 55.7 Å². The monoisotopic (exact) mass is 456 g/mol. The number of nitrogens with zero attached hydrogens (tertiary/aromatic N) is 1. The molecule has 0 bridgehead atoms. The zero-order valence-electron chi connectivity index (χ0n) is 16.1. The molecule has 0 spiro atoms. The topological polar surface area (TPSA) is 75.7 Å². The lowest BCUT2D eigenvalue weighted by Gasteiger charge is -2.31. The van der Waals surface area contributed by atoms with Gasteiger partial charge in [-0.25, -0.2) is 8.42 Å². The predicted molar refractivity (Wildman–Crippen MR) is 114 cm³/mol. The molecular formula is C20H22Cl2N2O4S. The normalized spacial score (nSPS) is 17.7. The summed E-state index contributed by atoms with van der Waals surface area (Å²) in [5, 5.41) is 3.36. The largest absolute Gasteiger partial charge is 0.496 e. The van der Waals surface area contributed by atoms with Gasteiger partial charge in [-0.1, -0.05) is 29.3 Å². The Labute approximate surface area is 180 Å². The van der Waals surface area contributed by atoms with Gasteiger partial charge in [0.15, 0.2) is 0 Å². The third-order valence-electron chi connectivity index (χ3n) is 4.97. The van der Waals surface area contributed by atoms with E-state index < -0.39 is 15.9 Å². The molecule has 1 amide bonds. The lowest BCUT2D eigenvalue weighted by Crippen LogP contribution is -2.43. The number of hydrogen-bond donors (Lipinski definition) is 1. The molecule has 0 aliphatic carbocycles. The minimum atomic E-state index is -3.71. The van der Waals surface area contributed by atoms with Crippen LogP contribution < -0.4 is 10.1 Å². The third kappa shape index (κ3) is 4.69. The van der Waals surface area contributed by atoms with E-state index in [-0.39, 0.29) is 22.4 Å². The number of aryl methyl sites for hydroxylation is 1. The Morgan fingerprint density at radius 3 is 2.69 bits per heavy atom. The van der Waals surface area contributed by atoms with Crippen LogP contribution in [0.2, 0.25) is 10.0 Å². The van der Waals surface area contributed by atoms with Crippen LogP contribution in [0.3, 0.4) is 0 Å². The van der Waals surface area contributed by atoms with Crippen LogP contribution in [0.1, 0.15) is 18.4 Å². The zero-order chi connectivity index (χ0) is 21.2. The number of carbonyl (C=O) groups is 1. The van der Waals surface area contributed by atoms with Crippen LogP contribution >= 0.6 is 23.2 Å². The van der Waals surface area contributed by atoms with Gasteiger partial charge in [0.05, 0.1) is 33.7 Å². The Hall–Kier alpha value is -1.80. The first-order valence-electron chi connectivity index (χ1n) is 9.13. The van der Waals surface area contributed by atoms with Gasteiger partial charge in [-0.2, -0.15) is 4.31 Å². The van der Waals surface area contributed by atoms with Crippen LogP contribution in [0.25, 0.3) is 0 Å². The van der Waals surface area contributed by atoms with Crippen LogP contribution in [-0.2, 0) is 14.8 Å². The van der Waals surface area contributed by atoms with Gasteiger partial charge in [0.1, 0.15) is 5.75 Å². The second-order valence-electron chi connectivity index (χ2n) is 6.92. The van der Waals surface area contributed by atoms with Crippen LogP contribution in [0, 0.1) is 12.8 Å². The van der Waals surface area contributed by atoms with Crippen molar-refractivity contribution in [2.45, 2.75) is 24.7 Å². The second kappa shape index (κ2) is 8.92. The highest BCUT2D eigenvalue weighted by atomic mass is 35.5. The standard InChI is InChI=1S/C20H22Cl2N2O4S/c1-13-11-15(8-9-18(13)28-2)29(26,27)24-10-4-5-14(12-24)20(25)23-17-7-3-6-16(21)19(17)22/h3,6-9,11,14H,4-5,10,12H2,1-2H3,(H,23,25). The maximum absolute atomic E-state index is 13.1. The van der Waals surface area contributed by atoms with Crippen molar-refractivity contribution >= 4 is 44.8 Å². The minimum absolute atomic E-state index is 0.109. The summed E-state index contributed by atoms with van der Waals surface area (Å²) in [6, 6.07) is 9.72. The predicted octanol–water partition coefficient (Wildman–Crippen LogP) is 4.35. The summed E-state index contributed by atoms with van der Waals surface area (Å²) in [5.41, 5.74) is 1.14. The first-order valence-corrected chi connectivity index (χ1v) is 11.3. The van der Waals surface area contributed by atoms with Crippen molar-refractivity contribution in [1.82, 2.24) is 4.31 Å². The molecular weight excluding hydrogens is 435 g/mol. The van der Waals surface area contributed by atoms with Crippen molar-refractivity contribution in [3.8, 4) is 5.75 Å². The quantitative estimate of drug-likeness (QED) is 0.725. The van der Waals surface area contributed by atoms with Gasteiger partial charge in [-0.15, -0.1) is 0 Å². The molecule has 1 aliphatic heterocycles. The number of amides is 1. The molecule has 29 heavy (non-hydrogen) atoms. The maximum atomic E-state index is 13.1. The summed E-state index contributed by atoms with van der Waals surface area (Å²) in [7, 11) is -2.17. The van der Waals surface area contributed by atoms with E-state index in [1.807, 2.05) is 0 Å². The molecule has 156 valence electrons. The highest BCUT2D eigenvalue weighted by Crippen LogP contribution is 2.31. The second-order valence-corrected chi connectivity index (χ2v) is 9.65. The highest BCUT2D eigenvalue weighted by molar-refractivity contribution is 7.89. The number of rotatable bonds is 5. The molecule has 2 aromatic carbocycles. The number of benzene rings is 2. The number of piperidine rings is 1. The minimum Gasteiger partial charge on any atom is -0.496 e. The number of ether oxygens (including phenoxy) is 1. The van der Waals surface area contributed by atoms with E-state index in [0.717, 1.165) is 5.56 Å². The van der Waals surface area contributed by atoms with Crippen LogP contribution in [0.5, 0.6) is 5.75 Å². The Balaban J connectivity index is 1.76. The Morgan fingerprint density at radius 1 is 1.24 bits per heavy atom. The summed E-state index contributed by atoms with van der Waals surface area (Å²) in [5.74, 6) is -0.133. The van der Waals surface area contributed by atoms with Crippen LogP contribution in [-0.4, -0.2) is 38.8 Å². The van der Waals surface area contributed by atoms with Crippen molar-refractivity contribution < 1.29 is 17.9 Å². The molecule has 9 heteroatoms. The average molecular weight is 457 g/mol. The van der Waals surface area contributed by atoms with Gasteiger partial charge < -0.3 is 10.1 Å². The Bertz CT molecular complexity index is 1030. The molecule has 1 saturated heterocycles. The fraction of sp³-hybridized carbons (Fsp3) is 0.350. The van der Waals surface area contributed by atoms with E-state index in [0.29, 0.717) is 35.8 Å². The fourth-order valence-corrected chi connectivity index (χ4v) is 5.33. The van der Waals surface area contributed by atoms with E-state index in [1.165, 1.54) is 17.5 Å². The molecule has 0 radical (unpaired) electrons. The smallest absolute Gasteiger partial charge is 0.243 e. The molecule has 1 N–H and O–H groups in total. The number of nitrogens with one attached hydrogen (secondary N) is 1. The van der Waals surface area contributed by atoms with Gasteiger partial charge in [0, 0.05) is 13.1 Å². The summed E-state index contributed by atoms with van der Waals surface area (Å²) in [6.07, 6.45) is 1.19. The van der Waals surface area contributed by atoms with Crippen molar-refractivity contribution in [2.24, 2.45) is 5.92 Å². The molecule has 1 heterocycles. The van der Waals surface area contributed by atoms with Gasteiger partial charge >= 0.3 is 0 Å². The number of anilines is 1. The fourth-order valence-electron chi connectivity index (χ4n) is 3.37. The number of sulfonamides is 1. The highest BCUT2D eigenvalue weighted by Gasteiger charge is 2.33. The van der Waals surface area contributed by atoms with Crippen molar-refractivity contribution in [2.75, 3.05) is 25.5 Å². The van der Waals surface area contributed by atoms with E-state index in [4.69, 9.17) is 27.9 Å². The van der Waals surface area contributed by atoms with E-state index in [9.17, 15) is 13.2 Å². The van der Waals surface area contributed by atoms with Crippen LogP contribution in [0.15, 0.2) is 41.3 Å². The van der Waals surface area contributed by atoms with Crippen molar-refractivity contribution in [3.63, 3.8) is 0 Å². The lowest BCUT2D eigenvalue weighted by molar-refractivity contribution is -0.120. The number of halogens is 2. The SMILES string of the molecule is COc1ccc(S(=O)(=O)N2CCCC(C(=O)Nc3cccc(Cl)c3Cl)C2)cc1C. The lowest BCUT2D eigenvalue weighted by atomic mass is 9.99. The molecule has 1 atom stereocenters. The van der Waals surface area contributed by atoms with Crippen molar-refractivity contribution in [1.29, 1.82) is 0 Å². The molecule has 1 unspecified atom stereocenters. The van der Waals surface area contributed by atoms with E-state index in [1.54, 1.807) is 37.3 Å². The number of carbonyl (C=O) groups excluding carboxylic acids is 1. The summed E-state index contributed by atoms with van der Waals surface area (Å²) < 4.78 is 32.7. The van der Waals surface area contributed by atoms with Gasteiger partial charge in [0.25, 0.3) is 0 Å². The molecule has 2 aromatic rings. The average Bonchev–Trinajstić information content (AvgIpc) is 2.71. The molecule has 1 fully saturated rings. The molecule has 0 aromatic heterocycles. The van der Waals surface area contributed by atoms with Crippen molar-refractivity contribution in [3.05, 3.63) is 52.0 Å². The maximum Gasteiger partial charge on any atom is 0.243 e. The molecule has 6 nitrogen and oxygen atoms in total. The number of methoxy groups -OCH3 is 1. The third-order valence-corrected chi connectivity index (χ3v) is 7.65. The zero-order valence-corrected chi connectivity index (χ0v) is 18.4. The molecule has 3 rings (SSSR count). The van der Waals surface area contributed by atoms with E-state index >= 15 is 0 Å². The van der Waals surface area contributed by atoms with Gasteiger partial charge in [0.2, 0.25) is 15.9 Å². The Kier molecular flexibility index (Phi) is 6.73. The van der Waals surface area contributed by atoms with Crippen LogP contribution in [0.4, 0.5) is 5.69 Å². The Morgan fingerprint density at radius 2 is 2.00 bits per heavy atom. The summed E-state index contributed by atoms with van der Waals surface area (Å²) >= 11 is 12.1. The van der Waals surface area contributed by atoms with E-state index in [2.05, 4.69) is 5.32 Å². The first-order chi connectivity index (χ1) is 13.7. The summed E-state index contributed by atoms with van der Waals surface area (Å²) in [4.78, 5) is 12.9. The first kappa shape index (κ1) is 21.9. The van der Waals surface area contributed by atoms with Gasteiger partial charge in [-0.3, -0.25) is 4.79 Å². The number of hydrogen-bond acceptors (Lipinski definition) is 4. The molecule has 0 saturated carbocycles. The molecule has 1 aliphatic rings.